The summed E-state index contributed by atoms with van der Waals surface area (Å²) in [7, 11) is 1.37. The Morgan fingerprint density at radius 1 is 1.30 bits per heavy atom. The summed E-state index contributed by atoms with van der Waals surface area (Å²) in [4.78, 5) is 28.6. The minimum Gasteiger partial charge on any atom is -0.469 e. The van der Waals surface area contributed by atoms with Gasteiger partial charge in [-0.2, -0.15) is 0 Å². The van der Waals surface area contributed by atoms with Gasteiger partial charge in [-0.3, -0.25) is 9.59 Å². The molecular weight excluding hydrogens is 312 g/mol. The Hall–Kier alpha value is -2.21. The first-order valence-electron chi connectivity index (χ1n) is 7.57. The highest BCUT2D eigenvalue weighted by molar-refractivity contribution is 7.13. The van der Waals surface area contributed by atoms with Gasteiger partial charge in [-0.15, -0.1) is 11.3 Å². The molecule has 3 rings (SSSR count). The molecule has 0 bridgehead atoms. The highest BCUT2D eigenvalue weighted by Crippen LogP contribution is 2.34. The van der Waals surface area contributed by atoms with Crippen LogP contribution in [0.15, 0.2) is 35.8 Å². The van der Waals surface area contributed by atoms with Gasteiger partial charge in [0.15, 0.2) is 0 Å². The first-order valence-corrected chi connectivity index (χ1v) is 8.45. The normalized spacial score (nSPS) is 20.2. The van der Waals surface area contributed by atoms with Crippen molar-refractivity contribution in [3.8, 4) is 10.6 Å². The molecule has 0 aliphatic heterocycles. The number of nitrogens with one attached hydrogen (secondary N) is 1. The summed E-state index contributed by atoms with van der Waals surface area (Å²) in [6, 6.07) is 7.59. The van der Waals surface area contributed by atoms with E-state index in [0.29, 0.717) is 6.42 Å². The molecule has 0 radical (unpaired) electrons. The van der Waals surface area contributed by atoms with Crippen molar-refractivity contribution in [3.05, 3.63) is 35.8 Å². The van der Waals surface area contributed by atoms with E-state index in [1.165, 1.54) is 7.11 Å². The summed E-state index contributed by atoms with van der Waals surface area (Å²) in [5.74, 6) is -1.05. The molecule has 5 nitrogen and oxygen atoms in total. The Kier molecular flexibility index (Phi) is 4.71. The zero-order chi connectivity index (χ0) is 16.2. The third-order valence-electron chi connectivity index (χ3n) is 4.17. The summed E-state index contributed by atoms with van der Waals surface area (Å²) in [5, 5.41) is 5.75. The van der Waals surface area contributed by atoms with Crippen LogP contribution in [0.2, 0.25) is 0 Å². The van der Waals surface area contributed by atoms with Crippen LogP contribution in [0.1, 0.15) is 19.3 Å². The van der Waals surface area contributed by atoms with E-state index in [2.05, 4.69) is 10.3 Å². The van der Waals surface area contributed by atoms with Crippen LogP contribution in [0.25, 0.3) is 10.6 Å². The molecule has 0 unspecified atom stereocenters. The van der Waals surface area contributed by atoms with Gasteiger partial charge >= 0.3 is 5.97 Å². The number of ether oxygens (including phenoxy) is 1. The van der Waals surface area contributed by atoms with Crippen LogP contribution in [-0.4, -0.2) is 24.0 Å². The second-order valence-electron chi connectivity index (χ2n) is 5.57. The Labute approximate surface area is 138 Å². The van der Waals surface area contributed by atoms with Crippen LogP contribution in [0, 0.1) is 11.8 Å². The van der Waals surface area contributed by atoms with E-state index >= 15 is 0 Å². The smallest absolute Gasteiger partial charge is 0.309 e. The summed E-state index contributed by atoms with van der Waals surface area (Å²) in [5.41, 5.74) is 1.69. The van der Waals surface area contributed by atoms with Gasteiger partial charge in [-0.05, 0) is 25.0 Å². The second kappa shape index (κ2) is 6.91. The van der Waals surface area contributed by atoms with E-state index in [1.54, 1.807) is 17.5 Å². The maximum atomic E-state index is 12.5. The molecule has 1 aliphatic rings. The second-order valence-corrected chi connectivity index (χ2v) is 6.47. The molecule has 1 aromatic carbocycles. The van der Waals surface area contributed by atoms with Crippen molar-refractivity contribution in [2.24, 2.45) is 11.8 Å². The highest BCUT2D eigenvalue weighted by Gasteiger charge is 2.38. The van der Waals surface area contributed by atoms with Gasteiger partial charge in [-0.1, -0.05) is 18.6 Å². The Bertz CT molecular complexity index is 700. The molecule has 1 aromatic heterocycles. The van der Waals surface area contributed by atoms with Crippen LogP contribution >= 0.6 is 11.3 Å². The molecule has 2 atom stereocenters. The van der Waals surface area contributed by atoms with Crippen LogP contribution in [-0.2, 0) is 14.3 Å². The van der Waals surface area contributed by atoms with Gasteiger partial charge in [0.25, 0.3) is 0 Å². The van der Waals surface area contributed by atoms with Crippen molar-refractivity contribution < 1.29 is 14.3 Å². The predicted molar refractivity (Wildman–Crippen MR) is 89.0 cm³/mol. The first kappa shape index (κ1) is 15.7. The van der Waals surface area contributed by atoms with Gasteiger partial charge in [0.2, 0.25) is 5.91 Å². The van der Waals surface area contributed by atoms with E-state index in [1.807, 2.05) is 29.6 Å². The van der Waals surface area contributed by atoms with Crippen molar-refractivity contribution >= 4 is 28.9 Å². The highest BCUT2D eigenvalue weighted by atomic mass is 32.1. The standard InChI is InChI=1S/C17H18N2O3S/c1-22-17(21)14-7-3-6-13(14)15(20)19-12-5-2-4-11(10-12)16-18-8-9-23-16/h2,4-5,8-10,13-14H,3,6-7H2,1H3,(H,19,20)/t13-,14-/m1/s1. The quantitative estimate of drug-likeness (QED) is 0.873. The minimum absolute atomic E-state index is 0.116. The van der Waals surface area contributed by atoms with E-state index in [9.17, 15) is 9.59 Å². The fourth-order valence-corrected chi connectivity index (χ4v) is 3.67. The molecule has 6 heteroatoms. The molecule has 1 N–H and O–H groups in total. The molecule has 1 saturated carbocycles. The van der Waals surface area contributed by atoms with Crippen molar-refractivity contribution in [2.75, 3.05) is 12.4 Å². The Morgan fingerprint density at radius 2 is 2.13 bits per heavy atom. The average molecular weight is 330 g/mol. The van der Waals surface area contributed by atoms with Crippen LogP contribution < -0.4 is 5.32 Å². The first-order chi connectivity index (χ1) is 11.2. The largest absolute Gasteiger partial charge is 0.469 e. The number of amides is 1. The van der Waals surface area contributed by atoms with Crippen molar-refractivity contribution in [1.82, 2.24) is 4.98 Å². The predicted octanol–water partition coefficient (Wildman–Crippen LogP) is 3.34. The molecule has 0 saturated heterocycles. The van der Waals surface area contributed by atoms with Crippen molar-refractivity contribution in [1.29, 1.82) is 0 Å². The number of methoxy groups -OCH3 is 1. The fraction of sp³-hybridized carbons (Fsp3) is 0.353. The number of carbonyl (C=O) groups excluding carboxylic acids is 2. The lowest BCUT2D eigenvalue weighted by Gasteiger charge is -2.17. The molecule has 120 valence electrons. The number of hydrogen-bond donors (Lipinski definition) is 1. The number of rotatable bonds is 4. The number of anilines is 1. The SMILES string of the molecule is COC(=O)[C@@H]1CCC[C@H]1C(=O)Nc1cccc(-c2nccs2)c1. The van der Waals surface area contributed by atoms with Gasteiger partial charge in [-0.25, -0.2) is 4.98 Å². The number of carbonyl (C=O) groups is 2. The number of benzene rings is 1. The molecule has 2 aromatic rings. The molecule has 0 spiro atoms. The molecule has 1 heterocycles. The number of hydrogen-bond acceptors (Lipinski definition) is 5. The summed E-state index contributed by atoms with van der Waals surface area (Å²) >= 11 is 1.55. The zero-order valence-electron chi connectivity index (χ0n) is 12.8. The number of aromatic nitrogens is 1. The monoisotopic (exact) mass is 330 g/mol. The van der Waals surface area contributed by atoms with Crippen LogP contribution in [0.5, 0.6) is 0 Å². The lowest BCUT2D eigenvalue weighted by atomic mass is 9.95. The van der Waals surface area contributed by atoms with Crippen LogP contribution in [0.3, 0.4) is 0 Å². The van der Waals surface area contributed by atoms with E-state index in [4.69, 9.17) is 4.74 Å². The lowest BCUT2D eigenvalue weighted by Crippen LogP contribution is -2.30. The Balaban J connectivity index is 1.73. The maximum Gasteiger partial charge on any atom is 0.309 e. The zero-order valence-corrected chi connectivity index (χ0v) is 13.6. The van der Waals surface area contributed by atoms with E-state index < -0.39 is 0 Å². The van der Waals surface area contributed by atoms with Gasteiger partial charge in [0, 0.05) is 22.8 Å². The van der Waals surface area contributed by atoms with E-state index in [-0.39, 0.29) is 23.7 Å². The summed E-state index contributed by atoms with van der Waals surface area (Å²) in [6.07, 6.45) is 4.06. The number of thiazole rings is 1. The summed E-state index contributed by atoms with van der Waals surface area (Å²) < 4.78 is 4.81. The Morgan fingerprint density at radius 3 is 2.87 bits per heavy atom. The maximum absolute atomic E-state index is 12.5. The third-order valence-corrected chi connectivity index (χ3v) is 4.99. The topological polar surface area (TPSA) is 68.3 Å². The average Bonchev–Trinajstić information content (AvgIpc) is 3.25. The van der Waals surface area contributed by atoms with Gasteiger partial charge in [0.1, 0.15) is 5.01 Å². The van der Waals surface area contributed by atoms with E-state index in [0.717, 1.165) is 29.1 Å². The van der Waals surface area contributed by atoms with Gasteiger partial charge < -0.3 is 10.1 Å². The third kappa shape index (κ3) is 3.42. The lowest BCUT2D eigenvalue weighted by molar-refractivity contribution is -0.148. The van der Waals surface area contributed by atoms with Crippen molar-refractivity contribution in [3.63, 3.8) is 0 Å². The molecular formula is C17H18N2O3S. The van der Waals surface area contributed by atoms with Crippen molar-refractivity contribution in [2.45, 2.75) is 19.3 Å². The number of esters is 1. The molecule has 23 heavy (non-hydrogen) atoms. The fourth-order valence-electron chi connectivity index (χ4n) is 3.04. The molecule has 1 aliphatic carbocycles. The minimum atomic E-state index is -0.331. The molecule has 1 fully saturated rings. The number of nitrogens with zero attached hydrogens (tertiary/aromatic N) is 1. The molecule has 1 amide bonds. The summed E-state index contributed by atoms with van der Waals surface area (Å²) in [6.45, 7) is 0. The van der Waals surface area contributed by atoms with Gasteiger partial charge in [0.05, 0.1) is 18.9 Å². The van der Waals surface area contributed by atoms with Crippen LogP contribution in [0.4, 0.5) is 5.69 Å².